The van der Waals surface area contributed by atoms with Gasteiger partial charge in [-0.1, -0.05) is 18.2 Å². The molecule has 19 heavy (non-hydrogen) atoms. The van der Waals surface area contributed by atoms with Crippen LogP contribution in [0.15, 0.2) is 30.3 Å². The minimum absolute atomic E-state index is 0.118. The summed E-state index contributed by atoms with van der Waals surface area (Å²) in [5.74, 6) is 0. The molecular formula is C14H13N3O2. The van der Waals surface area contributed by atoms with E-state index in [1.54, 1.807) is 24.3 Å². The molecule has 3 rings (SSSR count). The summed E-state index contributed by atoms with van der Waals surface area (Å²) in [5.41, 5.74) is 2.36. The summed E-state index contributed by atoms with van der Waals surface area (Å²) in [5, 5.41) is 11.2. The monoisotopic (exact) mass is 257 g/mol. The molecule has 1 aliphatic heterocycles. The Labute approximate surface area is 113 Å². The first-order chi connectivity index (χ1) is 9.84. The van der Waals surface area contributed by atoms with Crippen LogP contribution in [0, 0.1) is 17.0 Å². The fraction of sp³-hybridized carbons (Fsp3) is 0.214. The summed E-state index contributed by atoms with van der Waals surface area (Å²) in [4.78, 5) is 16.5. The zero-order valence-corrected chi connectivity index (χ0v) is 10.5. The third kappa shape index (κ3) is 1.74. The highest BCUT2D eigenvalue weighted by Gasteiger charge is 2.28. The SMILES string of the molecule is [2H]C1([2H])c2ccc(C)nc2-c2cccc([N+](=O)[O-])c2N1C. The molecule has 2 heterocycles. The van der Waals surface area contributed by atoms with Gasteiger partial charge in [0.1, 0.15) is 5.69 Å². The zero-order chi connectivity index (χ0) is 15.4. The van der Waals surface area contributed by atoms with E-state index in [0.717, 1.165) is 5.69 Å². The molecule has 0 amide bonds. The van der Waals surface area contributed by atoms with E-state index in [0.29, 0.717) is 16.8 Å². The molecule has 2 aromatic rings. The first-order valence-electron chi connectivity index (χ1n) is 6.84. The fourth-order valence-corrected chi connectivity index (χ4v) is 2.31. The van der Waals surface area contributed by atoms with Gasteiger partial charge in [0.2, 0.25) is 0 Å². The average molecular weight is 257 g/mol. The van der Waals surface area contributed by atoms with Gasteiger partial charge in [-0.2, -0.15) is 0 Å². The summed E-state index contributed by atoms with van der Waals surface area (Å²) in [6, 6.07) is 8.15. The lowest BCUT2D eigenvalue weighted by Crippen LogP contribution is -2.23. The van der Waals surface area contributed by atoms with Crippen molar-refractivity contribution in [3.63, 3.8) is 0 Å². The molecule has 0 radical (unpaired) electrons. The lowest BCUT2D eigenvalue weighted by molar-refractivity contribution is -0.384. The van der Waals surface area contributed by atoms with Gasteiger partial charge in [0.25, 0.3) is 5.69 Å². The van der Waals surface area contributed by atoms with Crippen molar-refractivity contribution >= 4 is 11.4 Å². The van der Waals surface area contributed by atoms with Gasteiger partial charge < -0.3 is 4.90 Å². The number of nitrogens with zero attached hydrogens (tertiary/aromatic N) is 3. The second-order valence-electron chi connectivity index (χ2n) is 4.45. The Hall–Kier alpha value is -2.43. The predicted octanol–water partition coefficient (Wildman–Crippen LogP) is 2.92. The Morgan fingerprint density at radius 1 is 1.42 bits per heavy atom. The number of para-hydroxylation sites is 1. The molecule has 0 fully saturated rings. The van der Waals surface area contributed by atoms with Gasteiger partial charge in [-0.05, 0) is 18.6 Å². The normalized spacial score (nSPS) is 17.1. The highest BCUT2D eigenvalue weighted by molar-refractivity contribution is 5.87. The molecule has 0 aliphatic carbocycles. The number of hydrogen-bond acceptors (Lipinski definition) is 4. The third-order valence-electron chi connectivity index (χ3n) is 3.12. The molecule has 0 unspecified atom stereocenters. The number of fused-ring (bicyclic) bond motifs is 3. The van der Waals surface area contributed by atoms with Crippen LogP contribution >= 0.6 is 0 Å². The molecule has 5 nitrogen and oxygen atoms in total. The van der Waals surface area contributed by atoms with Gasteiger partial charge in [-0.3, -0.25) is 15.1 Å². The number of anilines is 1. The van der Waals surface area contributed by atoms with Crippen molar-refractivity contribution in [3.05, 3.63) is 51.7 Å². The lowest BCUT2D eigenvalue weighted by atomic mass is 9.97. The Morgan fingerprint density at radius 2 is 2.21 bits per heavy atom. The van der Waals surface area contributed by atoms with Crippen LogP contribution in [-0.2, 0) is 6.50 Å². The van der Waals surface area contributed by atoms with Crippen LogP contribution in [0.25, 0.3) is 11.3 Å². The topological polar surface area (TPSA) is 59.3 Å². The van der Waals surface area contributed by atoms with E-state index in [2.05, 4.69) is 4.98 Å². The number of rotatable bonds is 1. The second-order valence-corrected chi connectivity index (χ2v) is 4.45. The Kier molecular flexibility index (Phi) is 2.02. The minimum atomic E-state index is -1.85. The summed E-state index contributed by atoms with van der Waals surface area (Å²) in [6.07, 6.45) is 0. The average Bonchev–Trinajstić information content (AvgIpc) is 2.44. The molecule has 1 aromatic carbocycles. The summed E-state index contributed by atoms with van der Waals surface area (Å²) < 4.78 is 16.6. The number of pyridine rings is 1. The first-order valence-corrected chi connectivity index (χ1v) is 5.84. The molecule has 1 aliphatic rings. The highest BCUT2D eigenvalue weighted by Crippen LogP contribution is 2.42. The maximum Gasteiger partial charge on any atom is 0.293 e. The minimum Gasteiger partial charge on any atom is -0.364 e. The van der Waals surface area contributed by atoms with Crippen molar-refractivity contribution < 1.29 is 7.66 Å². The molecule has 0 saturated carbocycles. The summed E-state index contributed by atoms with van der Waals surface area (Å²) in [7, 11) is 1.52. The molecule has 0 bridgehead atoms. The van der Waals surface area contributed by atoms with E-state index >= 15 is 0 Å². The van der Waals surface area contributed by atoms with Crippen LogP contribution in [0.1, 0.15) is 14.0 Å². The molecule has 0 spiro atoms. The third-order valence-corrected chi connectivity index (χ3v) is 3.12. The largest absolute Gasteiger partial charge is 0.364 e. The standard InChI is InChI=1S/C14H13N3O2/c1-9-6-7-10-8-16(2)14-11(13(10)15-9)4-3-5-12(14)17(18)19/h3-7H,8H2,1-2H3/i8D2. The first kappa shape index (κ1) is 9.49. The second kappa shape index (κ2) is 4.05. The maximum absolute atomic E-state index is 11.2. The molecule has 96 valence electrons. The van der Waals surface area contributed by atoms with E-state index in [4.69, 9.17) is 2.74 Å². The molecule has 0 N–H and O–H groups in total. The van der Waals surface area contributed by atoms with Crippen molar-refractivity contribution in [1.29, 1.82) is 0 Å². The van der Waals surface area contributed by atoms with Crippen LogP contribution in [-0.4, -0.2) is 17.0 Å². The van der Waals surface area contributed by atoms with Gasteiger partial charge in [0.15, 0.2) is 0 Å². The molecule has 1 aromatic heterocycles. The van der Waals surface area contributed by atoms with Crippen molar-refractivity contribution in [2.75, 3.05) is 11.9 Å². The van der Waals surface area contributed by atoms with Crippen molar-refractivity contribution in [1.82, 2.24) is 4.98 Å². The van der Waals surface area contributed by atoms with Gasteiger partial charge in [-0.15, -0.1) is 0 Å². The zero-order valence-electron chi connectivity index (χ0n) is 12.5. The predicted molar refractivity (Wildman–Crippen MR) is 73.2 cm³/mol. The van der Waals surface area contributed by atoms with E-state index in [-0.39, 0.29) is 11.4 Å². The van der Waals surface area contributed by atoms with Gasteiger partial charge in [0.05, 0.1) is 13.4 Å². The number of nitro groups is 1. The molecular weight excluding hydrogens is 242 g/mol. The van der Waals surface area contributed by atoms with Crippen LogP contribution < -0.4 is 4.90 Å². The summed E-state index contributed by atoms with van der Waals surface area (Å²) in [6.45, 7) is -0.0413. The van der Waals surface area contributed by atoms with E-state index in [1.807, 2.05) is 6.92 Å². The maximum atomic E-state index is 11.2. The Bertz CT molecular complexity index is 762. The molecule has 5 heteroatoms. The van der Waals surface area contributed by atoms with Gasteiger partial charge in [0, 0.05) is 30.9 Å². The van der Waals surface area contributed by atoms with Gasteiger partial charge >= 0.3 is 0 Å². The van der Waals surface area contributed by atoms with Crippen LogP contribution in [0.3, 0.4) is 0 Å². The number of benzene rings is 1. The Balaban J connectivity index is 2.42. The van der Waals surface area contributed by atoms with Crippen molar-refractivity contribution in [2.24, 2.45) is 0 Å². The number of hydrogen-bond donors (Lipinski definition) is 0. The quantitative estimate of drug-likeness (QED) is 0.582. The van der Waals surface area contributed by atoms with E-state index in [9.17, 15) is 10.1 Å². The van der Waals surface area contributed by atoms with Crippen LogP contribution in [0.2, 0.25) is 0 Å². The molecule has 0 saturated heterocycles. The van der Waals surface area contributed by atoms with Crippen LogP contribution in [0.5, 0.6) is 0 Å². The number of aryl methyl sites for hydroxylation is 1. The summed E-state index contributed by atoms with van der Waals surface area (Å²) >= 11 is 0. The highest BCUT2D eigenvalue weighted by atomic mass is 16.6. The smallest absolute Gasteiger partial charge is 0.293 e. The number of aromatic nitrogens is 1. The lowest BCUT2D eigenvalue weighted by Gasteiger charge is -2.28. The van der Waals surface area contributed by atoms with E-state index < -0.39 is 11.4 Å². The fourth-order valence-electron chi connectivity index (χ4n) is 2.31. The van der Waals surface area contributed by atoms with Crippen molar-refractivity contribution in [3.8, 4) is 11.3 Å². The Morgan fingerprint density at radius 3 is 2.95 bits per heavy atom. The van der Waals surface area contributed by atoms with Gasteiger partial charge in [-0.25, -0.2) is 0 Å². The number of nitro benzene ring substituents is 1. The molecule has 0 atom stereocenters. The van der Waals surface area contributed by atoms with Crippen molar-refractivity contribution in [2.45, 2.75) is 13.4 Å². The van der Waals surface area contributed by atoms with E-state index in [1.165, 1.54) is 18.0 Å². The van der Waals surface area contributed by atoms with Crippen LogP contribution in [0.4, 0.5) is 11.4 Å².